The van der Waals surface area contributed by atoms with Gasteiger partial charge >= 0.3 is 6.09 Å². The maximum Gasteiger partial charge on any atom is 0.405 e. The van der Waals surface area contributed by atoms with E-state index in [1.165, 1.54) is 12.1 Å². The molecule has 0 fully saturated rings. The van der Waals surface area contributed by atoms with Gasteiger partial charge in [0.05, 0.1) is 0 Å². The lowest BCUT2D eigenvalue weighted by Gasteiger charge is -2.12. The number of carbonyl (C=O) groups is 2. The van der Waals surface area contributed by atoms with Crippen molar-refractivity contribution in [2.24, 2.45) is 0 Å². The number of amides is 2. The molecule has 1 aliphatic rings. The van der Waals surface area contributed by atoms with Crippen molar-refractivity contribution in [2.45, 2.75) is 18.9 Å². The zero-order valence-corrected chi connectivity index (χ0v) is 8.87. The second kappa shape index (κ2) is 4.40. The van der Waals surface area contributed by atoms with E-state index in [0.29, 0.717) is 17.7 Å². The highest BCUT2D eigenvalue weighted by Crippen LogP contribution is 2.24. The third-order valence-electron chi connectivity index (χ3n) is 2.67. The molecule has 0 spiro atoms. The van der Waals surface area contributed by atoms with Gasteiger partial charge in [-0.3, -0.25) is 4.79 Å². The summed E-state index contributed by atoms with van der Waals surface area (Å²) in [5.41, 5.74) is 0.820. The summed E-state index contributed by atoms with van der Waals surface area (Å²) in [6, 6.07) is 3.56. The molecular formula is C11H11FN2O3. The quantitative estimate of drug-likeness (QED) is 0.691. The first-order chi connectivity index (χ1) is 8.08. The topological polar surface area (TPSA) is 78.4 Å². The van der Waals surface area contributed by atoms with Crippen molar-refractivity contribution in [1.82, 2.24) is 5.32 Å². The highest BCUT2D eigenvalue weighted by molar-refractivity contribution is 5.97. The number of anilines is 1. The highest BCUT2D eigenvalue weighted by atomic mass is 19.1. The minimum absolute atomic E-state index is 0.242. The lowest BCUT2D eigenvalue weighted by molar-refractivity contribution is -0.118. The maximum atomic E-state index is 13.5. The van der Waals surface area contributed by atoms with Crippen LogP contribution in [0.15, 0.2) is 18.2 Å². The Morgan fingerprint density at radius 1 is 1.53 bits per heavy atom. The van der Waals surface area contributed by atoms with Crippen LogP contribution < -0.4 is 10.6 Å². The molecule has 17 heavy (non-hydrogen) atoms. The van der Waals surface area contributed by atoms with Gasteiger partial charge in [0.15, 0.2) is 0 Å². The monoisotopic (exact) mass is 238 g/mol. The number of halogens is 1. The van der Waals surface area contributed by atoms with Gasteiger partial charge < -0.3 is 15.7 Å². The van der Waals surface area contributed by atoms with Crippen molar-refractivity contribution in [1.29, 1.82) is 0 Å². The second-order valence-corrected chi connectivity index (χ2v) is 3.80. The van der Waals surface area contributed by atoms with Crippen LogP contribution in [0.3, 0.4) is 0 Å². The van der Waals surface area contributed by atoms with Gasteiger partial charge in [0.1, 0.15) is 11.9 Å². The zero-order valence-electron chi connectivity index (χ0n) is 8.87. The average molecular weight is 238 g/mol. The van der Waals surface area contributed by atoms with Crippen LogP contribution in [0.25, 0.3) is 0 Å². The van der Waals surface area contributed by atoms with Crippen LogP contribution in [0.4, 0.5) is 14.9 Å². The number of benzene rings is 1. The number of hydrogen-bond donors (Lipinski definition) is 3. The number of fused-ring (bicyclic) bond motifs is 1. The largest absolute Gasteiger partial charge is 0.465 e. The molecule has 0 aliphatic carbocycles. The van der Waals surface area contributed by atoms with E-state index in [2.05, 4.69) is 10.6 Å². The predicted octanol–water partition coefficient (Wildman–Crippen LogP) is 1.35. The molecule has 6 heteroatoms. The summed E-state index contributed by atoms with van der Waals surface area (Å²) in [5, 5.41) is 13.2. The first-order valence-corrected chi connectivity index (χ1v) is 5.15. The van der Waals surface area contributed by atoms with Gasteiger partial charge in [-0.2, -0.15) is 0 Å². The fourth-order valence-corrected chi connectivity index (χ4v) is 1.86. The number of nitrogens with one attached hydrogen (secondary N) is 2. The van der Waals surface area contributed by atoms with Gasteiger partial charge in [0.25, 0.3) is 0 Å². The normalized spacial score (nSPS) is 18.9. The van der Waals surface area contributed by atoms with E-state index in [-0.39, 0.29) is 6.42 Å². The molecule has 2 rings (SSSR count). The molecule has 0 aromatic heterocycles. The van der Waals surface area contributed by atoms with E-state index < -0.39 is 23.9 Å². The number of hydrogen-bond acceptors (Lipinski definition) is 2. The van der Waals surface area contributed by atoms with Crippen LogP contribution in [0.5, 0.6) is 0 Å². The molecule has 5 nitrogen and oxygen atoms in total. The smallest absolute Gasteiger partial charge is 0.405 e. The van der Waals surface area contributed by atoms with Gasteiger partial charge in [0.2, 0.25) is 5.91 Å². The fourth-order valence-electron chi connectivity index (χ4n) is 1.86. The molecule has 1 heterocycles. The fraction of sp³-hybridized carbons (Fsp3) is 0.273. The number of carbonyl (C=O) groups excluding carboxylic acids is 1. The van der Waals surface area contributed by atoms with E-state index in [1.54, 1.807) is 6.07 Å². The molecule has 1 aromatic rings. The summed E-state index contributed by atoms with van der Waals surface area (Å²) in [6.45, 7) is 0. The Morgan fingerprint density at radius 2 is 2.29 bits per heavy atom. The Labute approximate surface area is 96.6 Å². The Bertz CT molecular complexity index is 476. The number of carboxylic acid groups (broad SMARTS) is 1. The van der Waals surface area contributed by atoms with Crippen LogP contribution in [-0.2, 0) is 11.2 Å². The molecule has 0 saturated carbocycles. The van der Waals surface area contributed by atoms with Crippen molar-refractivity contribution in [3.8, 4) is 0 Å². The van der Waals surface area contributed by atoms with Crippen LogP contribution in [0.1, 0.15) is 12.0 Å². The van der Waals surface area contributed by atoms with Crippen molar-refractivity contribution >= 4 is 17.7 Å². The molecule has 1 aromatic carbocycles. The lowest BCUT2D eigenvalue weighted by Crippen LogP contribution is -2.42. The molecule has 0 bridgehead atoms. The zero-order chi connectivity index (χ0) is 12.4. The van der Waals surface area contributed by atoms with Crippen molar-refractivity contribution in [2.75, 3.05) is 5.32 Å². The summed E-state index contributed by atoms with van der Waals surface area (Å²) in [7, 11) is 0. The predicted molar refractivity (Wildman–Crippen MR) is 58.3 cm³/mol. The first-order valence-electron chi connectivity index (χ1n) is 5.15. The molecule has 0 saturated heterocycles. The summed E-state index contributed by atoms with van der Waals surface area (Å²) in [4.78, 5) is 22.2. The molecule has 1 atom stereocenters. The standard InChI is InChI=1S/C11H11FN2O3/c12-7-2-1-3-8-6(7)4-5-9(10(15)13-8)14-11(16)17/h1-3,9,14H,4-5H2,(H,13,15)(H,16,17). The molecular weight excluding hydrogens is 227 g/mol. The average Bonchev–Trinajstić information content (AvgIpc) is 2.39. The highest BCUT2D eigenvalue weighted by Gasteiger charge is 2.26. The van der Waals surface area contributed by atoms with Crippen molar-refractivity contribution in [3.63, 3.8) is 0 Å². The van der Waals surface area contributed by atoms with E-state index in [1.807, 2.05) is 0 Å². The van der Waals surface area contributed by atoms with Crippen LogP contribution >= 0.6 is 0 Å². The van der Waals surface area contributed by atoms with E-state index in [9.17, 15) is 14.0 Å². The van der Waals surface area contributed by atoms with Crippen LogP contribution in [-0.4, -0.2) is 23.1 Å². The van der Waals surface area contributed by atoms with Crippen LogP contribution in [0, 0.1) is 5.82 Å². The van der Waals surface area contributed by atoms with E-state index in [4.69, 9.17) is 5.11 Å². The first kappa shape index (κ1) is 11.4. The minimum Gasteiger partial charge on any atom is -0.465 e. The molecule has 1 unspecified atom stereocenters. The second-order valence-electron chi connectivity index (χ2n) is 3.80. The molecule has 90 valence electrons. The molecule has 3 N–H and O–H groups in total. The summed E-state index contributed by atoms with van der Waals surface area (Å²) in [5.74, 6) is -0.851. The van der Waals surface area contributed by atoms with Crippen molar-refractivity contribution < 1.29 is 19.1 Å². The Kier molecular flexibility index (Phi) is 2.95. The SMILES string of the molecule is O=C(O)NC1CCc2c(F)cccc2NC1=O. The number of rotatable bonds is 1. The van der Waals surface area contributed by atoms with Gasteiger partial charge in [-0.15, -0.1) is 0 Å². The van der Waals surface area contributed by atoms with Crippen LogP contribution in [0.2, 0.25) is 0 Å². The van der Waals surface area contributed by atoms with E-state index in [0.717, 1.165) is 0 Å². The molecule has 2 amide bonds. The molecule has 0 radical (unpaired) electrons. The summed E-state index contributed by atoms with van der Waals surface area (Å²) >= 11 is 0. The van der Waals surface area contributed by atoms with Gasteiger partial charge in [0, 0.05) is 11.3 Å². The van der Waals surface area contributed by atoms with Crippen molar-refractivity contribution in [3.05, 3.63) is 29.6 Å². The third-order valence-corrected chi connectivity index (χ3v) is 2.67. The van der Waals surface area contributed by atoms with Gasteiger partial charge in [-0.25, -0.2) is 9.18 Å². The summed E-state index contributed by atoms with van der Waals surface area (Å²) < 4.78 is 13.5. The summed E-state index contributed by atoms with van der Waals surface area (Å²) in [6.07, 6.45) is -0.714. The Hall–Kier alpha value is -2.11. The maximum absolute atomic E-state index is 13.5. The Balaban J connectivity index is 2.25. The Morgan fingerprint density at radius 3 is 3.00 bits per heavy atom. The third kappa shape index (κ3) is 2.35. The van der Waals surface area contributed by atoms with Gasteiger partial charge in [-0.1, -0.05) is 6.07 Å². The lowest BCUT2D eigenvalue weighted by atomic mass is 10.1. The minimum atomic E-state index is -1.27. The molecule has 1 aliphatic heterocycles. The van der Waals surface area contributed by atoms with Gasteiger partial charge in [-0.05, 0) is 25.0 Å². The van der Waals surface area contributed by atoms with E-state index >= 15 is 0 Å².